The van der Waals surface area contributed by atoms with Crippen LogP contribution in [0.5, 0.6) is 0 Å². The minimum Gasteiger partial charge on any atom is -0.260 e. The fraction of sp³-hybridized carbons (Fsp3) is 0.0833. The molecule has 0 radical (unpaired) electrons. The molecule has 1 aromatic carbocycles. The molecular formula is C12H10Cl2N2. The lowest BCUT2D eigenvalue weighted by Crippen LogP contribution is -2.19. The maximum Gasteiger partial charge on any atom is 0.0855 e. The van der Waals surface area contributed by atoms with Crippen molar-refractivity contribution in [3.63, 3.8) is 0 Å². The first-order chi connectivity index (χ1) is 7.68. The Balaban J connectivity index is 2.15. The van der Waals surface area contributed by atoms with E-state index in [1.165, 1.54) is 6.21 Å². The predicted molar refractivity (Wildman–Crippen MR) is 68.3 cm³/mol. The molecule has 82 valence electrons. The van der Waals surface area contributed by atoms with E-state index in [0.29, 0.717) is 22.3 Å². The van der Waals surface area contributed by atoms with Crippen LogP contribution in [0.4, 0.5) is 0 Å². The summed E-state index contributed by atoms with van der Waals surface area (Å²) in [4.78, 5) is 0. The summed E-state index contributed by atoms with van der Waals surface area (Å²) in [6.07, 6.45) is 1.53. The Hall–Kier alpha value is -1.25. The van der Waals surface area contributed by atoms with Gasteiger partial charge in [-0.2, -0.15) is 5.10 Å². The number of hydrazone groups is 1. The van der Waals surface area contributed by atoms with E-state index < -0.39 is 0 Å². The average molecular weight is 253 g/mol. The summed E-state index contributed by atoms with van der Waals surface area (Å²) in [5.74, 6) is 0. The lowest BCUT2D eigenvalue weighted by atomic mass is 10.2. The molecule has 1 heterocycles. The van der Waals surface area contributed by atoms with E-state index in [1.807, 2.05) is 30.3 Å². The number of halogens is 2. The Bertz CT molecular complexity index is 463. The molecule has 0 N–H and O–H groups in total. The molecule has 0 spiro atoms. The van der Waals surface area contributed by atoms with Gasteiger partial charge in [-0.15, -0.1) is 0 Å². The predicted octanol–water partition coefficient (Wildman–Crippen LogP) is 3.69. The topological polar surface area (TPSA) is 15.6 Å². The Morgan fingerprint density at radius 3 is 2.56 bits per heavy atom. The zero-order chi connectivity index (χ0) is 11.5. The zero-order valence-corrected chi connectivity index (χ0v) is 10.0. The van der Waals surface area contributed by atoms with Gasteiger partial charge in [0.1, 0.15) is 0 Å². The smallest absolute Gasteiger partial charge is 0.0855 e. The standard InChI is InChI=1S/C12H10Cl2N2/c1-9-12(14)11(13)7-15-16(9)8-10-5-3-2-4-6-10/h2-7H,1,8H2. The molecule has 0 saturated heterocycles. The minimum atomic E-state index is 0.427. The third-order valence-corrected chi connectivity index (χ3v) is 3.07. The van der Waals surface area contributed by atoms with Gasteiger partial charge >= 0.3 is 0 Å². The van der Waals surface area contributed by atoms with E-state index in [0.717, 1.165) is 5.56 Å². The Morgan fingerprint density at radius 1 is 1.19 bits per heavy atom. The molecule has 0 fully saturated rings. The first-order valence-corrected chi connectivity index (χ1v) is 5.54. The highest BCUT2D eigenvalue weighted by Crippen LogP contribution is 2.27. The highest BCUT2D eigenvalue weighted by atomic mass is 35.5. The first kappa shape index (κ1) is 11.2. The van der Waals surface area contributed by atoms with Gasteiger partial charge in [0.25, 0.3) is 0 Å². The lowest BCUT2D eigenvalue weighted by molar-refractivity contribution is 0.367. The molecule has 0 bridgehead atoms. The number of benzene rings is 1. The van der Waals surface area contributed by atoms with E-state index >= 15 is 0 Å². The lowest BCUT2D eigenvalue weighted by Gasteiger charge is -2.24. The van der Waals surface area contributed by atoms with Gasteiger partial charge in [0.15, 0.2) is 0 Å². The molecule has 0 saturated carbocycles. The molecule has 0 aromatic heterocycles. The summed E-state index contributed by atoms with van der Waals surface area (Å²) in [5.41, 5.74) is 1.77. The number of rotatable bonds is 2. The average Bonchev–Trinajstić information content (AvgIpc) is 2.31. The monoisotopic (exact) mass is 252 g/mol. The molecule has 1 aliphatic rings. The fourth-order valence-corrected chi connectivity index (χ4v) is 1.69. The van der Waals surface area contributed by atoms with E-state index in [-0.39, 0.29) is 0 Å². The van der Waals surface area contributed by atoms with Crippen LogP contribution in [0.25, 0.3) is 0 Å². The van der Waals surface area contributed by atoms with Crippen LogP contribution in [-0.4, -0.2) is 11.2 Å². The van der Waals surface area contributed by atoms with E-state index in [2.05, 4.69) is 11.7 Å². The van der Waals surface area contributed by atoms with Crippen LogP contribution in [0, 0.1) is 0 Å². The van der Waals surface area contributed by atoms with Crippen molar-refractivity contribution in [3.05, 3.63) is 58.2 Å². The van der Waals surface area contributed by atoms with E-state index in [1.54, 1.807) is 5.01 Å². The highest BCUT2D eigenvalue weighted by molar-refractivity contribution is 6.47. The number of nitrogens with zero attached hydrogens (tertiary/aromatic N) is 2. The maximum absolute atomic E-state index is 5.99. The Kier molecular flexibility index (Phi) is 3.32. The van der Waals surface area contributed by atoms with Crippen LogP contribution in [-0.2, 0) is 6.54 Å². The van der Waals surface area contributed by atoms with Crippen molar-refractivity contribution in [2.45, 2.75) is 6.54 Å². The molecule has 0 amide bonds. The van der Waals surface area contributed by atoms with Gasteiger partial charge in [0.05, 0.1) is 28.5 Å². The molecule has 4 heteroatoms. The summed E-state index contributed by atoms with van der Waals surface area (Å²) in [7, 11) is 0. The summed E-state index contributed by atoms with van der Waals surface area (Å²) in [6, 6.07) is 9.99. The molecular weight excluding hydrogens is 243 g/mol. The molecule has 16 heavy (non-hydrogen) atoms. The van der Waals surface area contributed by atoms with E-state index in [4.69, 9.17) is 23.2 Å². The van der Waals surface area contributed by atoms with Crippen LogP contribution in [0.1, 0.15) is 5.56 Å². The van der Waals surface area contributed by atoms with Crippen molar-refractivity contribution in [1.82, 2.24) is 5.01 Å². The Labute approximate surface area is 104 Å². The molecule has 0 aliphatic carbocycles. The van der Waals surface area contributed by atoms with Crippen LogP contribution >= 0.6 is 23.2 Å². The van der Waals surface area contributed by atoms with E-state index in [9.17, 15) is 0 Å². The number of hydrogen-bond donors (Lipinski definition) is 0. The van der Waals surface area contributed by atoms with Gasteiger partial charge in [-0.05, 0) is 5.56 Å². The van der Waals surface area contributed by atoms with Crippen molar-refractivity contribution in [1.29, 1.82) is 0 Å². The Morgan fingerprint density at radius 2 is 1.88 bits per heavy atom. The molecule has 2 rings (SSSR count). The summed E-state index contributed by atoms with van der Waals surface area (Å²) < 4.78 is 0. The summed E-state index contributed by atoms with van der Waals surface area (Å²) >= 11 is 11.8. The zero-order valence-electron chi connectivity index (χ0n) is 8.53. The summed E-state index contributed by atoms with van der Waals surface area (Å²) in [5, 5.41) is 6.78. The normalized spacial score (nSPS) is 15.9. The summed E-state index contributed by atoms with van der Waals surface area (Å²) in [6.45, 7) is 4.50. The molecule has 2 nitrogen and oxygen atoms in total. The number of allylic oxidation sites excluding steroid dienone is 2. The van der Waals surface area contributed by atoms with Crippen molar-refractivity contribution in [2.24, 2.45) is 5.10 Å². The maximum atomic E-state index is 5.99. The second-order valence-electron chi connectivity index (χ2n) is 3.40. The highest BCUT2D eigenvalue weighted by Gasteiger charge is 2.16. The van der Waals surface area contributed by atoms with Crippen molar-refractivity contribution >= 4 is 29.4 Å². The second-order valence-corrected chi connectivity index (χ2v) is 4.18. The fourth-order valence-electron chi connectivity index (χ4n) is 1.39. The van der Waals surface area contributed by atoms with Gasteiger partial charge in [0, 0.05) is 0 Å². The van der Waals surface area contributed by atoms with Gasteiger partial charge in [-0.25, -0.2) is 0 Å². The molecule has 1 aliphatic heterocycles. The van der Waals surface area contributed by atoms with Gasteiger partial charge in [-0.1, -0.05) is 60.1 Å². The number of hydrogen-bond acceptors (Lipinski definition) is 2. The SMILES string of the molecule is C=C1C(Cl)=C(Cl)C=NN1Cc1ccccc1. The van der Waals surface area contributed by atoms with Crippen LogP contribution in [0.2, 0.25) is 0 Å². The van der Waals surface area contributed by atoms with Crippen LogP contribution in [0.15, 0.2) is 57.8 Å². The quantitative estimate of drug-likeness (QED) is 0.784. The molecule has 1 aromatic rings. The van der Waals surface area contributed by atoms with Gasteiger partial charge in [-0.3, -0.25) is 5.01 Å². The third kappa shape index (κ3) is 2.29. The largest absolute Gasteiger partial charge is 0.260 e. The molecule has 0 unspecified atom stereocenters. The van der Waals surface area contributed by atoms with Crippen molar-refractivity contribution in [3.8, 4) is 0 Å². The molecule has 0 atom stereocenters. The third-order valence-electron chi connectivity index (χ3n) is 2.26. The van der Waals surface area contributed by atoms with Gasteiger partial charge < -0.3 is 0 Å². The minimum absolute atomic E-state index is 0.427. The first-order valence-electron chi connectivity index (χ1n) is 4.78. The van der Waals surface area contributed by atoms with Gasteiger partial charge in [0.2, 0.25) is 0 Å². The second kappa shape index (κ2) is 4.73. The van der Waals surface area contributed by atoms with Crippen molar-refractivity contribution in [2.75, 3.05) is 0 Å². The van der Waals surface area contributed by atoms with Crippen molar-refractivity contribution < 1.29 is 0 Å². The van der Waals surface area contributed by atoms with Crippen LogP contribution < -0.4 is 0 Å². The van der Waals surface area contributed by atoms with Crippen LogP contribution in [0.3, 0.4) is 0 Å².